The second kappa shape index (κ2) is 8.17. The molecule has 1 aromatic heterocycles. The average molecular weight is 406 g/mol. The molecule has 0 bridgehead atoms. The van der Waals surface area contributed by atoms with Crippen molar-refractivity contribution in [2.45, 2.75) is 45.7 Å². The van der Waals surface area contributed by atoms with Crippen LogP contribution in [0.3, 0.4) is 0 Å². The van der Waals surface area contributed by atoms with Gasteiger partial charge >= 0.3 is 0 Å². The minimum Gasteiger partial charge on any atom is -0.358 e. The smallest absolute Gasteiger partial charge is 0.178 e. The van der Waals surface area contributed by atoms with Crippen LogP contribution < -0.4 is 10.2 Å². The van der Waals surface area contributed by atoms with E-state index in [1.807, 2.05) is 19.1 Å². The number of benzene rings is 1. The molecule has 0 unspecified atom stereocenters. The number of pyridine rings is 1. The highest BCUT2D eigenvalue weighted by Gasteiger charge is 2.42. The summed E-state index contributed by atoms with van der Waals surface area (Å²) in [6.07, 6.45) is 3.96. The number of hydrogen-bond acceptors (Lipinski definition) is 4. The van der Waals surface area contributed by atoms with Crippen molar-refractivity contribution in [2.24, 2.45) is 0 Å². The normalized spacial score (nSPS) is 15.3. The number of nitrogens with zero attached hydrogens (tertiary/aromatic N) is 2. The van der Waals surface area contributed by atoms with Crippen molar-refractivity contribution in [1.82, 2.24) is 10.3 Å². The summed E-state index contributed by atoms with van der Waals surface area (Å²) in [6, 6.07) is 7.55. The van der Waals surface area contributed by atoms with Crippen molar-refractivity contribution in [2.75, 3.05) is 18.0 Å². The molecule has 0 aliphatic carbocycles. The molecule has 3 rings (SSSR count). The number of ketones is 1. The van der Waals surface area contributed by atoms with Gasteiger partial charge in [0.2, 0.25) is 0 Å². The van der Waals surface area contributed by atoms with Gasteiger partial charge in [-0.2, -0.15) is 0 Å². The Labute approximate surface area is 170 Å². The van der Waals surface area contributed by atoms with Gasteiger partial charge in [0.05, 0.1) is 17.4 Å². The summed E-state index contributed by atoms with van der Waals surface area (Å²) in [6.45, 7) is 8.29. The number of rotatable bonds is 7. The van der Waals surface area contributed by atoms with Gasteiger partial charge in [-0.1, -0.05) is 36.5 Å². The van der Waals surface area contributed by atoms with E-state index >= 15 is 0 Å². The third-order valence-electron chi connectivity index (χ3n) is 5.36. The van der Waals surface area contributed by atoms with Crippen molar-refractivity contribution in [1.29, 1.82) is 0 Å². The first-order chi connectivity index (χ1) is 12.9. The van der Waals surface area contributed by atoms with E-state index in [0.717, 1.165) is 42.7 Å². The quantitative estimate of drug-likeness (QED) is 0.654. The molecule has 1 aliphatic heterocycles. The summed E-state index contributed by atoms with van der Waals surface area (Å²) in [4.78, 5) is 18.3. The lowest BCUT2D eigenvalue weighted by atomic mass is 9.84. The van der Waals surface area contributed by atoms with E-state index in [-0.39, 0.29) is 11.3 Å². The Morgan fingerprint density at radius 2 is 2.04 bits per heavy atom. The van der Waals surface area contributed by atoms with E-state index < -0.39 is 0 Å². The number of nitrogens with one attached hydrogen (secondary N) is 1. The summed E-state index contributed by atoms with van der Waals surface area (Å²) in [5.74, 6) is -0.0286. The zero-order valence-corrected chi connectivity index (χ0v) is 17.5. The number of halogens is 2. The van der Waals surface area contributed by atoms with Gasteiger partial charge in [0.1, 0.15) is 5.69 Å². The van der Waals surface area contributed by atoms with E-state index in [9.17, 15) is 4.79 Å². The van der Waals surface area contributed by atoms with Gasteiger partial charge in [-0.05, 0) is 48.7 Å². The molecule has 4 nitrogen and oxygen atoms in total. The first kappa shape index (κ1) is 20.1. The Morgan fingerprint density at radius 3 is 2.56 bits per heavy atom. The van der Waals surface area contributed by atoms with Gasteiger partial charge < -0.3 is 10.2 Å². The van der Waals surface area contributed by atoms with Crippen molar-refractivity contribution in [3.8, 4) is 0 Å². The maximum atomic E-state index is 11.6. The van der Waals surface area contributed by atoms with Crippen molar-refractivity contribution < 1.29 is 4.79 Å². The van der Waals surface area contributed by atoms with Gasteiger partial charge in [-0.3, -0.25) is 9.78 Å². The molecular formula is C21H25Cl2N3O. The third-order valence-corrected chi connectivity index (χ3v) is 5.97. The molecule has 0 atom stereocenters. The van der Waals surface area contributed by atoms with Crippen LogP contribution in [0.2, 0.25) is 10.0 Å². The Hall–Kier alpha value is -1.62. The molecule has 2 aromatic rings. The van der Waals surface area contributed by atoms with Gasteiger partial charge in [0.25, 0.3) is 0 Å². The Bertz CT molecular complexity index is 832. The standard InChI is InChI=1S/C21H25Cl2N3O/c1-4-7-21(12-24-13-21)26(18-5-6-20(15(3)27)25-10-18)11-16-8-17(22)9-19(23)14(16)2/h5-6,8-10,24H,4,7,11-13H2,1-3H3. The first-order valence-electron chi connectivity index (χ1n) is 9.26. The van der Waals surface area contributed by atoms with Crippen molar-refractivity contribution >= 4 is 34.7 Å². The van der Waals surface area contributed by atoms with Crippen LogP contribution in [0.25, 0.3) is 0 Å². The highest BCUT2D eigenvalue weighted by Crippen LogP contribution is 2.35. The van der Waals surface area contributed by atoms with E-state index in [4.69, 9.17) is 23.2 Å². The lowest BCUT2D eigenvalue weighted by Gasteiger charge is -2.52. The number of Topliss-reactive ketones (excluding diaryl/α,β-unsaturated/α-hetero) is 1. The van der Waals surface area contributed by atoms with E-state index in [1.54, 1.807) is 18.3 Å². The minimum atomic E-state index is -0.0286. The average Bonchev–Trinajstić information content (AvgIpc) is 2.60. The summed E-state index contributed by atoms with van der Waals surface area (Å²) >= 11 is 12.6. The summed E-state index contributed by atoms with van der Waals surface area (Å²) in [7, 11) is 0. The molecule has 1 aliphatic rings. The Kier molecular flexibility index (Phi) is 6.09. The fraction of sp³-hybridized carbons (Fsp3) is 0.429. The maximum Gasteiger partial charge on any atom is 0.178 e. The van der Waals surface area contributed by atoms with Crippen LogP contribution in [-0.4, -0.2) is 29.4 Å². The van der Waals surface area contributed by atoms with E-state index in [0.29, 0.717) is 22.3 Å². The molecule has 6 heteroatoms. The van der Waals surface area contributed by atoms with Crippen LogP contribution in [0.4, 0.5) is 5.69 Å². The van der Waals surface area contributed by atoms with Crippen LogP contribution in [0.5, 0.6) is 0 Å². The zero-order valence-electron chi connectivity index (χ0n) is 16.0. The maximum absolute atomic E-state index is 11.6. The number of hydrogen-bond donors (Lipinski definition) is 1. The Balaban J connectivity index is 2.01. The number of aromatic nitrogens is 1. The van der Waals surface area contributed by atoms with Crippen LogP contribution >= 0.6 is 23.2 Å². The van der Waals surface area contributed by atoms with Crippen LogP contribution in [-0.2, 0) is 6.54 Å². The second-order valence-electron chi connectivity index (χ2n) is 7.29. The van der Waals surface area contributed by atoms with Gasteiger partial charge in [-0.15, -0.1) is 0 Å². The lowest BCUT2D eigenvalue weighted by Crippen LogP contribution is -2.69. The highest BCUT2D eigenvalue weighted by molar-refractivity contribution is 6.35. The van der Waals surface area contributed by atoms with Crippen LogP contribution in [0.15, 0.2) is 30.5 Å². The number of anilines is 1. The molecule has 0 saturated carbocycles. The monoisotopic (exact) mass is 405 g/mol. The van der Waals surface area contributed by atoms with Gasteiger partial charge in [0, 0.05) is 36.6 Å². The molecule has 1 saturated heterocycles. The second-order valence-corrected chi connectivity index (χ2v) is 8.14. The summed E-state index contributed by atoms with van der Waals surface area (Å²) in [5.41, 5.74) is 3.65. The molecule has 0 amide bonds. The fourth-order valence-corrected chi connectivity index (χ4v) is 4.24. The zero-order chi connectivity index (χ0) is 19.6. The van der Waals surface area contributed by atoms with Crippen molar-refractivity contribution in [3.05, 3.63) is 57.3 Å². The van der Waals surface area contributed by atoms with E-state index in [1.165, 1.54) is 6.92 Å². The highest BCUT2D eigenvalue weighted by atomic mass is 35.5. The number of carbonyl (C=O) groups is 1. The van der Waals surface area contributed by atoms with Crippen LogP contribution in [0.1, 0.15) is 48.3 Å². The summed E-state index contributed by atoms with van der Waals surface area (Å²) in [5, 5.41) is 4.74. The predicted octanol–water partition coefficient (Wildman–Crippen LogP) is 5.05. The molecule has 27 heavy (non-hydrogen) atoms. The van der Waals surface area contributed by atoms with Crippen LogP contribution in [0, 0.1) is 6.92 Å². The van der Waals surface area contributed by atoms with Gasteiger partial charge in [0.15, 0.2) is 5.78 Å². The SMILES string of the molecule is CCCC1(N(Cc2cc(Cl)cc(Cl)c2C)c2ccc(C(C)=O)nc2)CNC1. The molecule has 0 radical (unpaired) electrons. The summed E-state index contributed by atoms with van der Waals surface area (Å²) < 4.78 is 0. The number of carbonyl (C=O) groups excluding carboxylic acids is 1. The minimum absolute atomic E-state index is 0.0232. The molecule has 1 fully saturated rings. The molecular weight excluding hydrogens is 381 g/mol. The largest absolute Gasteiger partial charge is 0.358 e. The Morgan fingerprint density at radius 1 is 1.30 bits per heavy atom. The lowest BCUT2D eigenvalue weighted by molar-refractivity contribution is 0.101. The first-order valence-corrected chi connectivity index (χ1v) is 10.0. The van der Waals surface area contributed by atoms with Crippen molar-refractivity contribution in [3.63, 3.8) is 0 Å². The topological polar surface area (TPSA) is 45.2 Å². The third kappa shape index (κ3) is 4.13. The molecule has 1 N–H and O–H groups in total. The van der Waals surface area contributed by atoms with E-state index in [2.05, 4.69) is 22.1 Å². The molecule has 0 spiro atoms. The molecule has 1 aromatic carbocycles. The van der Waals surface area contributed by atoms with Gasteiger partial charge in [-0.25, -0.2) is 0 Å². The predicted molar refractivity (Wildman–Crippen MR) is 112 cm³/mol. The molecule has 2 heterocycles. The molecule has 144 valence electrons. The fourth-order valence-electron chi connectivity index (χ4n) is 3.70.